The molecule has 0 aromatic carbocycles. The van der Waals surface area contributed by atoms with Crippen molar-refractivity contribution in [3.8, 4) is 0 Å². The molecule has 1 aliphatic carbocycles. The Morgan fingerprint density at radius 1 is 1.25 bits per heavy atom. The Kier molecular flexibility index (Phi) is 10.7. The molecule has 0 aromatic heterocycles. The Morgan fingerprint density at radius 2 is 2.00 bits per heavy atom. The average molecular weight is 337 g/mol. The maximum Gasteiger partial charge on any atom is 0.303 e. The van der Waals surface area contributed by atoms with Gasteiger partial charge in [0.05, 0.1) is 6.10 Å². The number of allylic oxidation sites excluding steroid dienone is 2. The van der Waals surface area contributed by atoms with Crippen molar-refractivity contribution in [3.63, 3.8) is 0 Å². The molecule has 1 saturated carbocycles. The second-order valence-corrected chi connectivity index (χ2v) is 7.26. The molecule has 1 rings (SSSR count). The van der Waals surface area contributed by atoms with E-state index in [9.17, 15) is 9.90 Å². The molecule has 0 heterocycles. The highest BCUT2D eigenvalue weighted by atomic mass is 16.4. The monoisotopic (exact) mass is 336 g/mol. The van der Waals surface area contributed by atoms with Gasteiger partial charge in [0, 0.05) is 6.42 Å². The Labute approximate surface area is 147 Å². The molecule has 1 aliphatic rings. The lowest BCUT2D eigenvalue weighted by molar-refractivity contribution is -0.137. The SMILES string of the molecule is C=C1CC[C@H](C=C[C@@H](O)CCCCC)[C@H]1CCCCCCC(=O)O. The molecule has 0 aliphatic heterocycles. The molecule has 1 fully saturated rings. The van der Waals surface area contributed by atoms with Crippen LogP contribution in [0.25, 0.3) is 0 Å². The number of aliphatic hydroxyl groups is 1. The van der Waals surface area contributed by atoms with Crippen LogP contribution in [0.4, 0.5) is 0 Å². The van der Waals surface area contributed by atoms with E-state index < -0.39 is 5.97 Å². The van der Waals surface area contributed by atoms with Crippen LogP contribution in [0.5, 0.6) is 0 Å². The van der Waals surface area contributed by atoms with Gasteiger partial charge in [0.15, 0.2) is 0 Å². The third-order valence-corrected chi connectivity index (χ3v) is 5.18. The van der Waals surface area contributed by atoms with Gasteiger partial charge >= 0.3 is 5.97 Å². The Morgan fingerprint density at radius 3 is 2.71 bits per heavy atom. The third-order valence-electron chi connectivity index (χ3n) is 5.18. The van der Waals surface area contributed by atoms with E-state index >= 15 is 0 Å². The number of aliphatic carboxylic acids is 1. The summed E-state index contributed by atoms with van der Waals surface area (Å²) in [7, 11) is 0. The summed E-state index contributed by atoms with van der Waals surface area (Å²) < 4.78 is 0. The maximum atomic E-state index is 10.5. The number of carboxylic acids is 1. The van der Waals surface area contributed by atoms with Gasteiger partial charge in [-0.3, -0.25) is 4.79 Å². The van der Waals surface area contributed by atoms with E-state index in [1.807, 2.05) is 6.08 Å². The van der Waals surface area contributed by atoms with Crippen molar-refractivity contribution in [2.24, 2.45) is 11.8 Å². The summed E-state index contributed by atoms with van der Waals surface area (Å²) in [6, 6.07) is 0. The highest BCUT2D eigenvalue weighted by Gasteiger charge is 2.27. The van der Waals surface area contributed by atoms with Crippen LogP contribution < -0.4 is 0 Å². The quantitative estimate of drug-likeness (QED) is 0.345. The largest absolute Gasteiger partial charge is 0.481 e. The van der Waals surface area contributed by atoms with Crippen molar-refractivity contribution in [1.29, 1.82) is 0 Å². The van der Waals surface area contributed by atoms with Crippen molar-refractivity contribution in [2.75, 3.05) is 0 Å². The average Bonchev–Trinajstić information content (AvgIpc) is 2.89. The fourth-order valence-electron chi connectivity index (χ4n) is 3.65. The molecule has 3 nitrogen and oxygen atoms in total. The molecule has 0 radical (unpaired) electrons. The molecule has 24 heavy (non-hydrogen) atoms. The fraction of sp³-hybridized carbons (Fsp3) is 0.762. The predicted octanol–water partition coefficient (Wildman–Crippen LogP) is 5.49. The second-order valence-electron chi connectivity index (χ2n) is 7.26. The summed E-state index contributed by atoms with van der Waals surface area (Å²) in [5, 5.41) is 18.7. The summed E-state index contributed by atoms with van der Waals surface area (Å²) in [6.07, 6.45) is 16.0. The van der Waals surface area contributed by atoms with E-state index in [2.05, 4.69) is 19.6 Å². The van der Waals surface area contributed by atoms with Gasteiger partial charge in [-0.1, -0.05) is 69.8 Å². The molecular formula is C21H36O3. The van der Waals surface area contributed by atoms with E-state index in [1.165, 1.54) is 18.4 Å². The molecule has 3 heteroatoms. The Balaban J connectivity index is 2.28. The van der Waals surface area contributed by atoms with Crippen LogP contribution in [0.3, 0.4) is 0 Å². The van der Waals surface area contributed by atoms with E-state index in [-0.39, 0.29) is 12.5 Å². The van der Waals surface area contributed by atoms with Gasteiger partial charge in [-0.2, -0.15) is 0 Å². The first kappa shape index (κ1) is 21.0. The molecule has 0 unspecified atom stereocenters. The van der Waals surface area contributed by atoms with Crippen molar-refractivity contribution in [3.05, 3.63) is 24.3 Å². The van der Waals surface area contributed by atoms with E-state index in [0.29, 0.717) is 11.8 Å². The molecule has 2 N–H and O–H groups in total. The summed E-state index contributed by atoms with van der Waals surface area (Å²) in [6.45, 7) is 6.42. The van der Waals surface area contributed by atoms with Crippen molar-refractivity contribution in [1.82, 2.24) is 0 Å². The fourth-order valence-corrected chi connectivity index (χ4v) is 3.65. The number of rotatable bonds is 13. The molecule has 138 valence electrons. The first-order valence-corrected chi connectivity index (χ1v) is 9.80. The summed E-state index contributed by atoms with van der Waals surface area (Å²) in [5.41, 5.74) is 1.36. The van der Waals surface area contributed by atoms with Gasteiger partial charge in [-0.25, -0.2) is 0 Å². The summed E-state index contributed by atoms with van der Waals surface area (Å²) in [4.78, 5) is 10.5. The number of unbranched alkanes of at least 4 members (excludes halogenated alkanes) is 5. The van der Waals surface area contributed by atoms with E-state index in [4.69, 9.17) is 5.11 Å². The number of aliphatic hydroxyl groups excluding tert-OH is 1. The lowest BCUT2D eigenvalue weighted by atomic mass is 9.88. The van der Waals surface area contributed by atoms with Crippen LogP contribution in [-0.2, 0) is 4.79 Å². The topological polar surface area (TPSA) is 57.5 Å². The normalized spacial score (nSPS) is 22.3. The first-order chi connectivity index (χ1) is 11.5. The summed E-state index contributed by atoms with van der Waals surface area (Å²) in [5.74, 6) is 0.378. The number of hydrogen-bond acceptors (Lipinski definition) is 2. The predicted molar refractivity (Wildman–Crippen MR) is 100.0 cm³/mol. The second kappa shape index (κ2) is 12.3. The van der Waals surface area contributed by atoms with E-state index in [0.717, 1.165) is 57.8 Å². The van der Waals surface area contributed by atoms with Crippen molar-refractivity contribution in [2.45, 2.75) is 90.1 Å². The highest BCUT2D eigenvalue weighted by Crippen LogP contribution is 2.39. The third kappa shape index (κ3) is 8.68. The van der Waals surface area contributed by atoms with Gasteiger partial charge in [0.2, 0.25) is 0 Å². The van der Waals surface area contributed by atoms with Gasteiger partial charge in [0.1, 0.15) is 0 Å². The van der Waals surface area contributed by atoms with Gasteiger partial charge in [-0.05, 0) is 43.9 Å². The van der Waals surface area contributed by atoms with Gasteiger partial charge in [-0.15, -0.1) is 0 Å². The van der Waals surface area contributed by atoms with Gasteiger partial charge < -0.3 is 10.2 Å². The molecule has 0 spiro atoms. The van der Waals surface area contributed by atoms with Gasteiger partial charge in [0.25, 0.3) is 0 Å². The minimum absolute atomic E-state index is 0.289. The molecule has 3 atom stereocenters. The van der Waals surface area contributed by atoms with Crippen LogP contribution in [-0.4, -0.2) is 22.3 Å². The Bertz CT molecular complexity index is 400. The van der Waals surface area contributed by atoms with Crippen molar-refractivity contribution >= 4 is 5.97 Å². The molecule has 0 saturated heterocycles. The van der Waals surface area contributed by atoms with Crippen molar-refractivity contribution < 1.29 is 15.0 Å². The smallest absolute Gasteiger partial charge is 0.303 e. The first-order valence-electron chi connectivity index (χ1n) is 9.80. The molecule has 0 amide bonds. The number of carbonyl (C=O) groups is 1. The zero-order chi connectivity index (χ0) is 17.8. The van der Waals surface area contributed by atoms with Crippen LogP contribution in [0.1, 0.15) is 84.0 Å². The minimum atomic E-state index is -0.693. The minimum Gasteiger partial charge on any atom is -0.481 e. The Hall–Kier alpha value is -1.09. The van der Waals surface area contributed by atoms with Crippen LogP contribution in [0, 0.1) is 11.8 Å². The van der Waals surface area contributed by atoms with Crippen LogP contribution in [0.15, 0.2) is 24.3 Å². The zero-order valence-corrected chi connectivity index (χ0v) is 15.4. The molecular weight excluding hydrogens is 300 g/mol. The molecule has 0 aromatic rings. The summed E-state index contributed by atoms with van der Waals surface area (Å²) >= 11 is 0. The number of carboxylic acid groups (broad SMARTS) is 1. The lowest BCUT2D eigenvalue weighted by Crippen LogP contribution is -2.09. The van der Waals surface area contributed by atoms with Crippen LogP contribution in [0.2, 0.25) is 0 Å². The number of hydrogen-bond donors (Lipinski definition) is 2. The van der Waals surface area contributed by atoms with Crippen LogP contribution >= 0.6 is 0 Å². The standard InChI is InChI=1S/C21H36O3/c1-3-4-7-10-19(22)16-15-18-14-13-17(2)20(18)11-8-5-6-9-12-21(23)24/h15-16,18-20,22H,2-14H2,1H3,(H,23,24)/t18-,19+,20+/m1/s1. The highest BCUT2D eigenvalue weighted by molar-refractivity contribution is 5.66. The molecule has 0 bridgehead atoms. The maximum absolute atomic E-state index is 10.5. The zero-order valence-electron chi connectivity index (χ0n) is 15.4. The lowest BCUT2D eigenvalue weighted by Gasteiger charge is -2.18. The van der Waals surface area contributed by atoms with E-state index in [1.54, 1.807) is 0 Å².